The highest BCUT2D eigenvalue weighted by Gasteiger charge is 2.25. The summed E-state index contributed by atoms with van der Waals surface area (Å²) in [7, 11) is 0. The van der Waals surface area contributed by atoms with E-state index in [1.165, 1.54) is 90.6 Å². The first-order valence-electron chi connectivity index (χ1n) is 18.3. The molecule has 0 radical (unpaired) electrons. The van der Waals surface area contributed by atoms with Crippen molar-refractivity contribution >= 4 is 38.3 Å². The number of rotatable bonds is 6. The minimum atomic E-state index is 0.432. The molecule has 0 aromatic heterocycles. The molecule has 48 heavy (non-hydrogen) atoms. The summed E-state index contributed by atoms with van der Waals surface area (Å²) >= 11 is 0. The van der Waals surface area contributed by atoms with Gasteiger partial charge in [-0.25, -0.2) is 0 Å². The van der Waals surface area contributed by atoms with Gasteiger partial charge in [0.25, 0.3) is 0 Å². The average Bonchev–Trinajstić information content (AvgIpc) is 3.16. The molecular formula is C48H44. The predicted octanol–water partition coefficient (Wildman–Crippen LogP) is 12.0. The van der Waals surface area contributed by atoms with Gasteiger partial charge < -0.3 is 0 Å². The maximum absolute atomic E-state index is 2.57. The molecule has 4 aromatic rings. The highest BCUT2D eigenvalue weighted by Crippen LogP contribution is 2.42. The van der Waals surface area contributed by atoms with Crippen LogP contribution < -0.4 is 5.22 Å². The lowest BCUT2D eigenvalue weighted by molar-refractivity contribution is 0.545. The second-order valence-electron chi connectivity index (χ2n) is 14.4. The van der Waals surface area contributed by atoms with Crippen molar-refractivity contribution in [3.05, 3.63) is 172 Å². The molecular weight excluding hydrogens is 577 g/mol. The summed E-state index contributed by atoms with van der Waals surface area (Å²) in [5, 5.41) is 7.18. The Bertz CT molecular complexity index is 2230. The Kier molecular flexibility index (Phi) is 7.61. The average molecular weight is 621 g/mol. The van der Waals surface area contributed by atoms with E-state index >= 15 is 0 Å². The summed E-state index contributed by atoms with van der Waals surface area (Å²) in [5.41, 5.74) is 13.2. The number of hydrogen-bond acceptors (Lipinski definition) is 0. The molecule has 0 saturated carbocycles. The normalized spacial score (nSPS) is 23.4. The van der Waals surface area contributed by atoms with E-state index < -0.39 is 0 Å². The van der Waals surface area contributed by atoms with E-state index in [9.17, 15) is 0 Å². The van der Waals surface area contributed by atoms with Crippen LogP contribution in [0.4, 0.5) is 0 Å². The fraction of sp³-hybridized carbons (Fsp3) is 0.250. The molecule has 0 aliphatic heterocycles. The van der Waals surface area contributed by atoms with E-state index in [4.69, 9.17) is 0 Å². The maximum atomic E-state index is 2.57. The van der Waals surface area contributed by atoms with Crippen molar-refractivity contribution in [1.82, 2.24) is 0 Å². The molecule has 5 aliphatic rings. The largest absolute Gasteiger partial charge is 0.0842 e. The van der Waals surface area contributed by atoms with Crippen molar-refractivity contribution in [3.8, 4) is 0 Å². The second-order valence-corrected chi connectivity index (χ2v) is 14.4. The summed E-state index contributed by atoms with van der Waals surface area (Å²) in [4.78, 5) is 0. The molecule has 3 atom stereocenters. The number of benzene rings is 4. The number of allylic oxidation sites excluding steroid dienone is 16. The molecule has 5 aliphatic carbocycles. The first-order valence-corrected chi connectivity index (χ1v) is 18.3. The van der Waals surface area contributed by atoms with E-state index in [0.717, 1.165) is 32.1 Å². The van der Waals surface area contributed by atoms with Crippen LogP contribution in [-0.2, 0) is 6.42 Å². The van der Waals surface area contributed by atoms with Crippen LogP contribution >= 0.6 is 0 Å². The summed E-state index contributed by atoms with van der Waals surface area (Å²) in [6.07, 6.45) is 37.1. The smallest absolute Gasteiger partial charge is 0.0125 e. The van der Waals surface area contributed by atoms with Gasteiger partial charge in [-0.2, -0.15) is 0 Å². The van der Waals surface area contributed by atoms with E-state index in [1.807, 2.05) is 0 Å². The van der Waals surface area contributed by atoms with Crippen LogP contribution in [0.5, 0.6) is 0 Å². The third-order valence-electron chi connectivity index (χ3n) is 11.8. The fourth-order valence-electron chi connectivity index (χ4n) is 9.23. The van der Waals surface area contributed by atoms with Crippen LogP contribution in [0, 0.1) is 17.8 Å². The molecule has 0 heteroatoms. The lowest BCUT2D eigenvalue weighted by Gasteiger charge is -2.27. The van der Waals surface area contributed by atoms with Crippen molar-refractivity contribution in [2.24, 2.45) is 17.8 Å². The van der Waals surface area contributed by atoms with Crippen LogP contribution in [0.2, 0.25) is 0 Å². The number of hydrogen-bond donors (Lipinski definition) is 0. The Labute approximate surface area is 285 Å². The standard InChI is InChI=1S/C48H44/c1-2-33(31-32-9-4-3-5-10-32)34-15-17-37(18-16-34)43-27-23-39-26-30-46-44(28-24-40-25-29-45(43)47(39)48(40)46)38-21-19-36(20-22-38)42-14-8-12-35-11-6-7-13-41(35)42/h3-4,6-9,11-14,17,19-23,25-27,29-31,34-35,41H,2,5,10,15-16,18,24,28H2,1H3. The molecule has 0 nitrogen and oxygen atoms in total. The van der Waals surface area contributed by atoms with Gasteiger partial charge in [0.15, 0.2) is 0 Å². The Morgan fingerprint density at radius 1 is 0.750 bits per heavy atom. The van der Waals surface area contributed by atoms with Crippen molar-refractivity contribution < 1.29 is 0 Å². The molecule has 0 N–H and O–H groups in total. The van der Waals surface area contributed by atoms with Gasteiger partial charge in [-0.1, -0.05) is 146 Å². The van der Waals surface area contributed by atoms with E-state index in [2.05, 4.69) is 140 Å². The van der Waals surface area contributed by atoms with E-state index in [-0.39, 0.29) is 0 Å². The third-order valence-corrected chi connectivity index (χ3v) is 11.8. The van der Waals surface area contributed by atoms with Gasteiger partial charge in [-0.05, 0) is 129 Å². The van der Waals surface area contributed by atoms with Crippen LogP contribution in [0.1, 0.15) is 74.1 Å². The van der Waals surface area contributed by atoms with Gasteiger partial charge >= 0.3 is 0 Å². The lowest BCUT2D eigenvalue weighted by Crippen LogP contribution is -2.17. The number of aryl methyl sites for hydroxylation is 1. The van der Waals surface area contributed by atoms with Crippen LogP contribution in [-0.4, -0.2) is 0 Å². The van der Waals surface area contributed by atoms with Gasteiger partial charge in [0.2, 0.25) is 0 Å². The molecule has 9 rings (SSSR count). The first-order chi connectivity index (χ1) is 23.7. The third kappa shape index (κ3) is 5.14. The molecule has 0 heterocycles. The highest BCUT2D eigenvalue weighted by molar-refractivity contribution is 6.15. The molecule has 236 valence electrons. The predicted molar refractivity (Wildman–Crippen MR) is 206 cm³/mol. The summed E-state index contributed by atoms with van der Waals surface area (Å²) in [6, 6.07) is 23.9. The fourth-order valence-corrected chi connectivity index (χ4v) is 9.23. The highest BCUT2D eigenvalue weighted by atomic mass is 14.3. The van der Waals surface area contributed by atoms with Gasteiger partial charge in [-0.15, -0.1) is 0 Å². The Morgan fingerprint density at radius 2 is 1.60 bits per heavy atom. The second kappa shape index (κ2) is 12.4. The van der Waals surface area contributed by atoms with Crippen LogP contribution in [0.3, 0.4) is 0 Å². The molecule has 0 spiro atoms. The van der Waals surface area contributed by atoms with Crippen molar-refractivity contribution in [2.45, 2.75) is 58.3 Å². The van der Waals surface area contributed by atoms with Crippen molar-refractivity contribution in [3.63, 3.8) is 0 Å². The zero-order valence-corrected chi connectivity index (χ0v) is 28.1. The summed E-state index contributed by atoms with van der Waals surface area (Å²) in [5.74, 6) is 1.56. The lowest BCUT2D eigenvalue weighted by atomic mass is 9.77. The topological polar surface area (TPSA) is 0 Å². The molecule has 0 saturated heterocycles. The van der Waals surface area contributed by atoms with E-state index in [0.29, 0.717) is 17.8 Å². The maximum Gasteiger partial charge on any atom is 0.0125 e. The Hall–Kier alpha value is -4.68. The zero-order chi connectivity index (χ0) is 32.0. The Morgan fingerprint density at radius 3 is 2.44 bits per heavy atom. The molecule has 3 unspecified atom stereocenters. The Balaban J connectivity index is 1.07. The van der Waals surface area contributed by atoms with Gasteiger partial charge in [0.05, 0.1) is 0 Å². The van der Waals surface area contributed by atoms with Crippen LogP contribution in [0.25, 0.3) is 38.3 Å². The first kappa shape index (κ1) is 29.5. The molecule has 0 fully saturated rings. The van der Waals surface area contributed by atoms with Crippen molar-refractivity contribution in [2.75, 3.05) is 0 Å². The number of fused-ring (bicyclic) bond motifs is 1. The quantitative estimate of drug-likeness (QED) is 0.201. The van der Waals surface area contributed by atoms with Gasteiger partial charge in [-0.3, -0.25) is 0 Å². The van der Waals surface area contributed by atoms with Gasteiger partial charge in [0, 0.05) is 11.8 Å². The molecule has 0 bridgehead atoms. The summed E-state index contributed by atoms with van der Waals surface area (Å²) < 4.78 is 0. The van der Waals surface area contributed by atoms with Gasteiger partial charge in [0.1, 0.15) is 0 Å². The minimum absolute atomic E-state index is 0.432. The molecule has 0 amide bonds. The SMILES string of the molecule is CCC(=CC1=CC=CCC1)C1CC=C(c2ccc3ccc4c5c(ccc2c35)CCC=4c2ccc(C3=CC=CC4C=CC=CC34)cc2)CC1. The van der Waals surface area contributed by atoms with Crippen molar-refractivity contribution in [1.29, 1.82) is 0 Å². The van der Waals surface area contributed by atoms with E-state index in [1.54, 1.807) is 5.57 Å². The zero-order valence-electron chi connectivity index (χ0n) is 28.1. The minimum Gasteiger partial charge on any atom is -0.0842 e. The van der Waals surface area contributed by atoms with Crippen LogP contribution in [0.15, 0.2) is 145 Å². The summed E-state index contributed by atoms with van der Waals surface area (Å²) in [6.45, 7) is 2.34. The molecule has 4 aromatic carbocycles. The monoisotopic (exact) mass is 620 g/mol.